The second kappa shape index (κ2) is 4.20. The van der Waals surface area contributed by atoms with Gasteiger partial charge in [0.2, 0.25) is 10.0 Å². The maximum absolute atomic E-state index is 12.2. The zero-order valence-electron chi connectivity index (χ0n) is 9.14. The summed E-state index contributed by atoms with van der Waals surface area (Å²) in [5.74, 6) is 0.631. The Morgan fingerprint density at radius 3 is 2.56 bits per heavy atom. The zero-order chi connectivity index (χ0) is 11.8. The lowest BCUT2D eigenvalue weighted by atomic mass is 10.4. The number of aliphatic hydroxyl groups is 1. The van der Waals surface area contributed by atoms with Crippen molar-refractivity contribution in [2.24, 2.45) is 0 Å². The molecular formula is C10H15NO4S. The maximum atomic E-state index is 12.2. The first-order valence-electron chi connectivity index (χ1n) is 5.26. The molecule has 1 aliphatic rings. The number of aliphatic hydroxyl groups excluding tert-OH is 1. The largest absolute Gasteiger partial charge is 0.462 e. The first kappa shape index (κ1) is 11.6. The van der Waals surface area contributed by atoms with Gasteiger partial charge in [-0.15, -0.1) is 0 Å². The van der Waals surface area contributed by atoms with Crippen molar-refractivity contribution in [3.8, 4) is 0 Å². The molecule has 0 amide bonds. The predicted molar refractivity (Wildman–Crippen MR) is 57.4 cm³/mol. The molecule has 2 rings (SSSR count). The van der Waals surface area contributed by atoms with Gasteiger partial charge >= 0.3 is 0 Å². The van der Waals surface area contributed by atoms with Gasteiger partial charge in [0.1, 0.15) is 23.0 Å². The van der Waals surface area contributed by atoms with Gasteiger partial charge in [-0.05, 0) is 19.8 Å². The Morgan fingerprint density at radius 1 is 1.44 bits per heavy atom. The van der Waals surface area contributed by atoms with Crippen LogP contribution in [0, 0.1) is 6.92 Å². The van der Waals surface area contributed by atoms with Gasteiger partial charge in [0.05, 0.1) is 0 Å². The SMILES string of the molecule is Cc1oc(CO)cc1S(=O)(=O)N1CCCC1. The first-order chi connectivity index (χ1) is 7.55. The molecule has 0 unspecified atom stereocenters. The van der Waals surface area contributed by atoms with Gasteiger partial charge in [-0.3, -0.25) is 0 Å². The van der Waals surface area contributed by atoms with E-state index in [4.69, 9.17) is 9.52 Å². The van der Waals surface area contributed by atoms with Crippen LogP contribution in [0.15, 0.2) is 15.4 Å². The van der Waals surface area contributed by atoms with Crippen molar-refractivity contribution < 1.29 is 17.9 Å². The van der Waals surface area contributed by atoms with Crippen molar-refractivity contribution in [1.29, 1.82) is 0 Å². The van der Waals surface area contributed by atoms with Crippen LogP contribution < -0.4 is 0 Å². The van der Waals surface area contributed by atoms with E-state index < -0.39 is 10.0 Å². The van der Waals surface area contributed by atoms with Gasteiger partial charge < -0.3 is 9.52 Å². The van der Waals surface area contributed by atoms with E-state index in [2.05, 4.69) is 0 Å². The number of aryl methyl sites for hydroxylation is 1. The molecule has 6 heteroatoms. The molecule has 1 aliphatic heterocycles. The predicted octanol–water partition coefficient (Wildman–Crippen LogP) is 0.865. The molecule has 0 aliphatic carbocycles. The fraction of sp³-hybridized carbons (Fsp3) is 0.600. The third-order valence-electron chi connectivity index (χ3n) is 2.76. The molecule has 1 aromatic rings. The smallest absolute Gasteiger partial charge is 0.246 e. The van der Waals surface area contributed by atoms with Gasteiger partial charge in [0.25, 0.3) is 0 Å². The molecule has 2 heterocycles. The van der Waals surface area contributed by atoms with Crippen LogP contribution in [0.2, 0.25) is 0 Å². The van der Waals surface area contributed by atoms with Crippen molar-refractivity contribution in [2.75, 3.05) is 13.1 Å². The van der Waals surface area contributed by atoms with Crippen molar-refractivity contribution in [1.82, 2.24) is 4.31 Å². The van der Waals surface area contributed by atoms with E-state index in [1.807, 2.05) is 0 Å². The van der Waals surface area contributed by atoms with Crippen LogP contribution in [0.4, 0.5) is 0 Å². The molecule has 1 saturated heterocycles. The molecule has 0 aromatic carbocycles. The summed E-state index contributed by atoms with van der Waals surface area (Å²) in [5, 5.41) is 8.90. The Hall–Kier alpha value is -0.850. The van der Waals surface area contributed by atoms with E-state index in [0.717, 1.165) is 12.8 Å². The van der Waals surface area contributed by atoms with Gasteiger partial charge in [-0.1, -0.05) is 0 Å². The number of hydrogen-bond donors (Lipinski definition) is 1. The molecule has 1 N–H and O–H groups in total. The number of furan rings is 1. The van der Waals surface area contributed by atoms with Gasteiger partial charge in [0.15, 0.2) is 0 Å². The highest BCUT2D eigenvalue weighted by molar-refractivity contribution is 7.89. The van der Waals surface area contributed by atoms with Crippen LogP contribution in [-0.2, 0) is 16.6 Å². The molecule has 0 bridgehead atoms. The quantitative estimate of drug-likeness (QED) is 0.857. The summed E-state index contributed by atoms with van der Waals surface area (Å²) in [5.41, 5.74) is 0. The number of sulfonamides is 1. The van der Waals surface area contributed by atoms with Crippen molar-refractivity contribution in [3.05, 3.63) is 17.6 Å². The lowest BCUT2D eigenvalue weighted by Crippen LogP contribution is -2.27. The molecule has 1 fully saturated rings. The first-order valence-corrected chi connectivity index (χ1v) is 6.70. The van der Waals surface area contributed by atoms with Crippen LogP contribution in [0.1, 0.15) is 24.4 Å². The van der Waals surface area contributed by atoms with Crippen molar-refractivity contribution in [2.45, 2.75) is 31.3 Å². The minimum atomic E-state index is -3.43. The minimum absolute atomic E-state index is 0.179. The fourth-order valence-corrected chi connectivity index (χ4v) is 3.63. The molecule has 1 aromatic heterocycles. The van der Waals surface area contributed by atoms with E-state index in [9.17, 15) is 8.42 Å². The van der Waals surface area contributed by atoms with Crippen LogP contribution >= 0.6 is 0 Å². The molecule has 0 radical (unpaired) electrons. The molecule has 0 atom stereocenters. The summed E-state index contributed by atoms with van der Waals surface area (Å²) in [4.78, 5) is 0.179. The zero-order valence-corrected chi connectivity index (χ0v) is 9.96. The second-order valence-corrected chi connectivity index (χ2v) is 5.81. The molecular weight excluding hydrogens is 230 g/mol. The van der Waals surface area contributed by atoms with E-state index in [0.29, 0.717) is 18.8 Å². The summed E-state index contributed by atoms with van der Waals surface area (Å²) >= 11 is 0. The summed E-state index contributed by atoms with van der Waals surface area (Å²) in [6.45, 7) is 2.46. The van der Waals surface area contributed by atoms with E-state index in [1.54, 1.807) is 6.92 Å². The highest BCUT2D eigenvalue weighted by Gasteiger charge is 2.30. The Balaban J connectivity index is 2.38. The lowest BCUT2D eigenvalue weighted by molar-refractivity contribution is 0.244. The van der Waals surface area contributed by atoms with Crippen LogP contribution in [0.3, 0.4) is 0 Å². The molecule has 90 valence electrons. The van der Waals surface area contributed by atoms with E-state index in [-0.39, 0.29) is 17.3 Å². The van der Waals surface area contributed by atoms with Gasteiger partial charge in [-0.2, -0.15) is 4.31 Å². The van der Waals surface area contributed by atoms with Crippen molar-refractivity contribution >= 4 is 10.0 Å². The Bertz CT molecular complexity index is 471. The van der Waals surface area contributed by atoms with Crippen LogP contribution in [0.5, 0.6) is 0 Å². The summed E-state index contributed by atoms with van der Waals surface area (Å²) in [7, 11) is -3.43. The van der Waals surface area contributed by atoms with Gasteiger partial charge in [0, 0.05) is 19.2 Å². The molecule has 0 spiro atoms. The monoisotopic (exact) mass is 245 g/mol. The third-order valence-corrected chi connectivity index (χ3v) is 4.77. The highest BCUT2D eigenvalue weighted by Crippen LogP contribution is 2.26. The standard InChI is InChI=1S/C10H15NO4S/c1-8-10(6-9(7-12)15-8)16(13,14)11-4-2-3-5-11/h6,12H,2-5,7H2,1H3. The van der Waals surface area contributed by atoms with Crippen LogP contribution in [-0.4, -0.2) is 30.9 Å². The summed E-state index contributed by atoms with van der Waals surface area (Å²) in [6.07, 6.45) is 1.81. The maximum Gasteiger partial charge on any atom is 0.246 e. The minimum Gasteiger partial charge on any atom is -0.462 e. The average molecular weight is 245 g/mol. The van der Waals surface area contributed by atoms with E-state index >= 15 is 0 Å². The number of hydrogen-bond acceptors (Lipinski definition) is 4. The highest BCUT2D eigenvalue weighted by atomic mass is 32.2. The normalized spacial score (nSPS) is 18.1. The van der Waals surface area contributed by atoms with Crippen molar-refractivity contribution in [3.63, 3.8) is 0 Å². The average Bonchev–Trinajstić information content (AvgIpc) is 2.85. The second-order valence-electron chi connectivity index (χ2n) is 3.90. The third kappa shape index (κ3) is 1.88. The Morgan fingerprint density at radius 2 is 2.06 bits per heavy atom. The number of nitrogens with zero attached hydrogens (tertiary/aromatic N) is 1. The Labute approximate surface area is 94.7 Å². The molecule has 16 heavy (non-hydrogen) atoms. The van der Waals surface area contributed by atoms with Gasteiger partial charge in [-0.25, -0.2) is 8.42 Å². The lowest BCUT2D eigenvalue weighted by Gasteiger charge is -2.14. The Kier molecular flexibility index (Phi) is 3.05. The van der Waals surface area contributed by atoms with E-state index in [1.165, 1.54) is 10.4 Å². The summed E-state index contributed by atoms with van der Waals surface area (Å²) in [6, 6.07) is 1.41. The fourth-order valence-electron chi connectivity index (χ4n) is 1.93. The van der Waals surface area contributed by atoms with Crippen LogP contribution in [0.25, 0.3) is 0 Å². The number of rotatable bonds is 3. The molecule has 5 nitrogen and oxygen atoms in total. The topological polar surface area (TPSA) is 70.8 Å². The summed E-state index contributed by atoms with van der Waals surface area (Å²) < 4.78 is 31.0. The molecule has 0 saturated carbocycles.